The summed E-state index contributed by atoms with van der Waals surface area (Å²) in [6.45, 7) is -0.484. The Kier molecular flexibility index (Phi) is 19.2. The number of carbonyl (C=O) groups excluding carboxylic acids is 4. The van der Waals surface area contributed by atoms with E-state index in [0.717, 1.165) is 16.7 Å². The van der Waals surface area contributed by atoms with Crippen molar-refractivity contribution < 1.29 is 76.4 Å². The van der Waals surface area contributed by atoms with Crippen LogP contribution in [-0.2, 0) is 67.2 Å². The van der Waals surface area contributed by atoms with Gasteiger partial charge in [-0.25, -0.2) is 19.2 Å². The van der Waals surface area contributed by atoms with Crippen LogP contribution >= 0.6 is 0 Å². The summed E-state index contributed by atoms with van der Waals surface area (Å²) in [4.78, 5) is 56.2. The second kappa shape index (κ2) is 27.3. The molecule has 0 radical (unpaired) electrons. The van der Waals surface area contributed by atoms with Gasteiger partial charge in [0.05, 0.1) is 62.4 Å². The number of hydrogen-bond donors (Lipinski definition) is 1. The molecule has 2 aliphatic heterocycles. The minimum Gasteiger partial charge on any atom is -0.497 e. The van der Waals surface area contributed by atoms with Crippen molar-refractivity contribution in [3.8, 4) is 5.75 Å². The minimum atomic E-state index is -1.98. The fourth-order valence-corrected chi connectivity index (χ4v) is 8.89. The van der Waals surface area contributed by atoms with Gasteiger partial charge in [-0.1, -0.05) is 146 Å². The predicted molar refractivity (Wildman–Crippen MR) is 281 cm³/mol. The maximum atomic E-state index is 14.3. The van der Waals surface area contributed by atoms with E-state index in [1.807, 2.05) is 91.0 Å². The normalized spacial score (nSPS) is 22.8. The van der Waals surface area contributed by atoms with Gasteiger partial charge in [0, 0.05) is 0 Å². The molecule has 0 spiro atoms. The Balaban J connectivity index is 1.09. The quantitative estimate of drug-likeness (QED) is 0.0500. The Bertz CT molecular complexity index is 2970. The van der Waals surface area contributed by atoms with Crippen LogP contribution in [0.5, 0.6) is 5.75 Å². The minimum absolute atomic E-state index is 0.0101. The average molecular weight is 1060 g/mol. The zero-order valence-electron chi connectivity index (χ0n) is 42.5. The molecule has 0 unspecified atom stereocenters. The standard InChI is InChI=1S/C62H58O16/c1-68-48-34-32-47(33-35-48)60(66)75-51-49(39-69-36-41-20-8-2-9-21-41)74-62(56(71-38-43-24-12-4-13-25-43)53(51)70-37-42-22-10-3-11-23-42)72-40-50-52(76-57(63)44-26-14-5-15-27-44)54(77-58(64)45-28-16-6-17-29-45)55(61(67)73-50)78-59(65)46-30-18-7-19-31-46/h2-35,49-56,61-62,67H,36-40H2,1H3/t49-,50-,51-,52+,53+,54+,55-,56+,61-,62-/m1/s1. The van der Waals surface area contributed by atoms with Crippen molar-refractivity contribution in [2.45, 2.75) is 81.2 Å². The summed E-state index contributed by atoms with van der Waals surface area (Å²) >= 11 is 0. The van der Waals surface area contributed by atoms with Crippen LogP contribution in [0.3, 0.4) is 0 Å². The van der Waals surface area contributed by atoms with Gasteiger partial charge < -0.3 is 57.2 Å². The average Bonchev–Trinajstić information content (AvgIpc) is 3.55. The summed E-state index contributed by atoms with van der Waals surface area (Å²) in [5.41, 5.74) is 3.04. The smallest absolute Gasteiger partial charge is 0.338 e. The molecule has 0 aromatic heterocycles. The molecule has 9 rings (SSSR count). The van der Waals surface area contributed by atoms with E-state index in [4.69, 9.17) is 52.1 Å². The monoisotopic (exact) mass is 1060 g/mol. The Morgan fingerprint density at radius 3 is 1.22 bits per heavy atom. The lowest BCUT2D eigenvalue weighted by molar-refractivity contribution is -0.336. The number of methoxy groups -OCH3 is 1. The number of carbonyl (C=O) groups is 4. The highest BCUT2D eigenvalue weighted by Crippen LogP contribution is 2.35. The largest absolute Gasteiger partial charge is 0.497 e. The van der Waals surface area contributed by atoms with Crippen molar-refractivity contribution in [3.05, 3.63) is 245 Å². The molecule has 2 heterocycles. The van der Waals surface area contributed by atoms with E-state index in [1.54, 1.807) is 78.9 Å². The van der Waals surface area contributed by atoms with E-state index in [0.29, 0.717) is 5.75 Å². The Morgan fingerprint density at radius 1 is 0.385 bits per heavy atom. The number of esters is 4. The summed E-state index contributed by atoms with van der Waals surface area (Å²) < 4.78 is 69.7. The van der Waals surface area contributed by atoms with Gasteiger partial charge in [-0.05, 0) is 77.4 Å². The third-order valence-corrected chi connectivity index (χ3v) is 12.9. The summed E-state index contributed by atoms with van der Waals surface area (Å²) in [6, 6.07) is 58.7. The van der Waals surface area contributed by atoms with Gasteiger partial charge >= 0.3 is 23.9 Å². The SMILES string of the molecule is COc1ccc(C(=O)O[C@H]2[C@H](OCc3ccccc3)[C@H](OCc3ccccc3)[C@H](OC[C@H]3O[C@@H](O)[C@H](OC(=O)c4ccccc4)[C@@H](OC(=O)c4ccccc4)[C@H]3OC(=O)c3ccccc3)O[C@@H]2COCc2ccccc2)cc1. The van der Waals surface area contributed by atoms with Crippen LogP contribution in [0.15, 0.2) is 206 Å². The van der Waals surface area contributed by atoms with Gasteiger partial charge in [-0.2, -0.15) is 0 Å². The van der Waals surface area contributed by atoms with E-state index in [-0.39, 0.29) is 48.7 Å². The van der Waals surface area contributed by atoms with Crippen LogP contribution in [0.1, 0.15) is 58.1 Å². The molecule has 16 nitrogen and oxygen atoms in total. The Labute approximate surface area is 451 Å². The number of aliphatic hydroxyl groups excluding tert-OH is 1. The first kappa shape index (κ1) is 54.7. The van der Waals surface area contributed by atoms with Crippen LogP contribution in [0, 0.1) is 0 Å². The van der Waals surface area contributed by atoms with E-state index >= 15 is 0 Å². The van der Waals surface area contributed by atoms with E-state index in [9.17, 15) is 24.3 Å². The zero-order chi connectivity index (χ0) is 54.1. The number of ether oxygens (including phenoxy) is 11. The van der Waals surface area contributed by atoms with Crippen molar-refractivity contribution in [1.29, 1.82) is 0 Å². The molecule has 2 aliphatic rings. The molecular weight excluding hydrogens is 1000 g/mol. The summed E-state index contributed by atoms with van der Waals surface area (Å²) in [6.07, 6.45) is -14.5. The summed E-state index contributed by atoms with van der Waals surface area (Å²) in [7, 11) is 1.52. The maximum Gasteiger partial charge on any atom is 0.338 e. The lowest BCUT2D eigenvalue weighted by Gasteiger charge is -2.46. The van der Waals surface area contributed by atoms with Crippen molar-refractivity contribution in [2.75, 3.05) is 20.3 Å². The first-order chi connectivity index (χ1) is 38.2. The van der Waals surface area contributed by atoms with Gasteiger partial charge in [-0.15, -0.1) is 0 Å². The van der Waals surface area contributed by atoms with Gasteiger partial charge in [0.15, 0.2) is 37.0 Å². The van der Waals surface area contributed by atoms with Crippen molar-refractivity contribution in [3.63, 3.8) is 0 Å². The highest BCUT2D eigenvalue weighted by Gasteiger charge is 2.55. The second-order valence-corrected chi connectivity index (χ2v) is 18.3. The van der Waals surface area contributed by atoms with Gasteiger partial charge in [0.25, 0.3) is 0 Å². The predicted octanol–water partition coefficient (Wildman–Crippen LogP) is 8.74. The highest BCUT2D eigenvalue weighted by atomic mass is 16.7. The topological polar surface area (TPSA) is 190 Å². The molecule has 2 saturated heterocycles. The number of rotatable bonds is 22. The molecule has 0 saturated carbocycles. The molecule has 2 fully saturated rings. The molecule has 10 atom stereocenters. The molecule has 1 N–H and O–H groups in total. The molecular formula is C62H58O16. The lowest BCUT2D eigenvalue weighted by atomic mass is 9.96. The molecule has 16 heteroatoms. The highest BCUT2D eigenvalue weighted by molar-refractivity contribution is 5.91. The number of hydrogen-bond acceptors (Lipinski definition) is 16. The molecule has 78 heavy (non-hydrogen) atoms. The van der Waals surface area contributed by atoms with Crippen LogP contribution in [0.2, 0.25) is 0 Å². The zero-order valence-corrected chi connectivity index (χ0v) is 42.5. The van der Waals surface area contributed by atoms with Crippen LogP contribution in [0.25, 0.3) is 0 Å². The number of benzene rings is 7. The fourth-order valence-electron chi connectivity index (χ4n) is 8.89. The van der Waals surface area contributed by atoms with Gasteiger partial charge in [0.1, 0.15) is 30.2 Å². The third-order valence-electron chi connectivity index (χ3n) is 12.9. The first-order valence-electron chi connectivity index (χ1n) is 25.4. The fraction of sp³-hybridized carbons (Fsp3) is 0.258. The second-order valence-electron chi connectivity index (χ2n) is 18.3. The third kappa shape index (κ3) is 14.5. The molecule has 7 aromatic rings. The van der Waals surface area contributed by atoms with Crippen LogP contribution in [-0.4, -0.2) is 111 Å². The summed E-state index contributed by atoms with van der Waals surface area (Å²) in [5, 5.41) is 11.9. The van der Waals surface area contributed by atoms with Crippen molar-refractivity contribution in [2.24, 2.45) is 0 Å². The molecule has 0 amide bonds. The molecule has 402 valence electrons. The van der Waals surface area contributed by atoms with Gasteiger partial charge in [-0.3, -0.25) is 0 Å². The van der Waals surface area contributed by atoms with Crippen molar-refractivity contribution >= 4 is 23.9 Å². The Hall–Kier alpha value is -8.06. The molecule has 0 bridgehead atoms. The maximum absolute atomic E-state index is 14.3. The lowest BCUT2D eigenvalue weighted by Crippen LogP contribution is -2.64. The van der Waals surface area contributed by atoms with Crippen LogP contribution in [0.4, 0.5) is 0 Å². The van der Waals surface area contributed by atoms with Crippen molar-refractivity contribution in [1.82, 2.24) is 0 Å². The summed E-state index contributed by atoms with van der Waals surface area (Å²) in [5.74, 6) is -2.78. The van der Waals surface area contributed by atoms with E-state index in [2.05, 4.69) is 0 Å². The molecule has 0 aliphatic carbocycles. The Morgan fingerprint density at radius 2 is 0.756 bits per heavy atom. The van der Waals surface area contributed by atoms with Crippen LogP contribution < -0.4 is 4.74 Å². The first-order valence-corrected chi connectivity index (χ1v) is 25.4. The van der Waals surface area contributed by atoms with E-state index < -0.39 is 91.9 Å². The van der Waals surface area contributed by atoms with E-state index in [1.165, 1.54) is 43.5 Å². The van der Waals surface area contributed by atoms with Gasteiger partial charge in [0.2, 0.25) is 0 Å². The molecule has 7 aromatic carbocycles. The number of aliphatic hydroxyl groups is 1.